The summed E-state index contributed by atoms with van der Waals surface area (Å²) in [4.78, 5) is 0. The Morgan fingerprint density at radius 3 is 3.00 bits per heavy atom. The molecule has 2 aromatic heterocycles. The van der Waals surface area contributed by atoms with E-state index in [4.69, 9.17) is 12.2 Å². The molecule has 0 aliphatic heterocycles. The number of hydrogen-bond donors (Lipinski definition) is 2. The molecule has 0 unspecified atom stereocenters. The summed E-state index contributed by atoms with van der Waals surface area (Å²) in [5.74, 6) is 0.709. The first-order valence-electron chi connectivity index (χ1n) is 3.84. The van der Waals surface area contributed by atoms with Gasteiger partial charge in [-0.15, -0.1) is 0 Å². The van der Waals surface area contributed by atoms with Gasteiger partial charge in [0.1, 0.15) is 5.69 Å². The fourth-order valence-electron chi connectivity index (χ4n) is 1.12. The van der Waals surface area contributed by atoms with Gasteiger partial charge in [-0.3, -0.25) is 9.67 Å². The molecule has 2 aromatic rings. The van der Waals surface area contributed by atoms with Gasteiger partial charge < -0.3 is 0 Å². The van der Waals surface area contributed by atoms with Crippen LogP contribution in [-0.4, -0.2) is 30.2 Å². The van der Waals surface area contributed by atoms with Gasteiger partial charge in [-0.25, -0.2) is 0 Å². The maximum atomic E-state index is 5.03. The van der Waals surface area contributed by atoms with Crippen molar-refractivity contribution in [3.63, 3.8) is 0 Å². The molecule has 7 heteroatoms. The number of aromatic nitrogens is 6. The van der Waals surface area contributed by atoms with E-state index in [-0.39, 0.29) is 0 Å². The van der Waals surface area contributed by atoms with E-state index in [1.807, 2.05) is 11.5 Å². The summed E-state index contributed by atoms with van der Waals surface area (Å²) in [5, 5.41) is 16.9. The van der Waals surface area contributed by atoms with Crippen LogP contribution >= 0.6 is 12.2 Å². The Morgan fingerprint density at radius 1 is 1.54 bits per heavy atom. The van der Waals surface area contributed by atoms with Crippen LogP contribution in [0.4, 0.5) is 0 Å². The molecule has 13 heavy (non-hydrogen) atoms. The van der Waals surface area contributed by atoms with E-state index in [9.17, 15) is 0 Å². The Kier molecular flexibility index (Phi) is 1.93. The number of H-pyrrole nitrogens is 2. The van der Waals surface area contributed by atoms with Crippen LogP contribution in [0.25, 0.3) is 11.5 Å². The van der Waals surface area contributed by atoms with E-state index < -0.39 is 0 Å². The Hall–Kier alpha value is -1.50. The van der Waals surface area contributed by atoms with Crippen molar-refractivity contribution in [3.8, 4) is 11.5 Å². The van der Waals surface area contributed by atoms with E-state index in [1.165, 1.54) is 0 Å². The second-order valence-electron chi connectivity index (χ2n) is 2.45. The monoisotopic (exact) mass is 196 g/mol. The third-order valence-corrected chi connectivity index (χ3v) is 2.03. The molecular weight excluding hydrogens is 188 g/mol. The molecule has 2 N–H and O–H groups in total. The number of hydrogen-bond acceptors (Lipinski definition) is 4. The predicted molar refractivity (Wildman–Crippen MR) is 48.5 cm³/mol. The quantitative estimate of drug-likeness (QED) is 0.695. The maximum absolute atomic E-state index is 5.03. The lowest BCUT2D eigenvalue weighted by Crippen LogP contribution is -1.97. The van der Waals surface area contributed by atoms with Gasteiger partial charge in [-0.1, -0.05) is 0 Å². The highest BCUT2D eigenvalue weighted by Gasteiger charge is 2.08. The molecule has 0 saturated carbocycles. The number of rotatable bonds is 2. The molecule has 6 nitrogen and oxygen atoms in total. The second kappa shape index (κ2) is 3.09. The van der Waals surface area contributed by atoms with Crippen LogP contribution in [0, 0.1) is 4.77 Å². The first-order valence-corrected chi connectivity index (χ1v) is 4.25. The van der Waals surface area contributed by atoms with Gasteiger partial charge in [0, 0.05) is 6.54 Å². The van der Waals surface area contributed by atoms with Crippen LogP contribution in [-0.2, 0) is 6.54 Å². The topological polar surface area (TPSA) is 75.2 Å². The van der Waals surface area contributed by atoms with Crippen molar-refractivity contribution in [2.75, 3.05) is 0 Å². The first kappa shape index (κ1) is 8.11. The second-order valence-corrected chi connectivity index (χ2v) is 2.84. The minimum absolute atomic E-state index is 0.598. The summed E-state index contributed by atoms with van der Waals surface area (Å²) in [6.45, 7) is 2.76. The van der Waals surface area contributed by atoms with E-state index in [2.05, 4.69) is 25.6 Å². The van der Waals surface area contributed by atoms with Crippen LogP contribution in [0.2, 0.25) is 0 Å². The van der Waals surface area contributed by atoms with Gasteiger partial charge >= 0.3 is 0 Å². The number of nitrogens with zero attached hydrogens (tertiary/aromatic N) is 4. The fraction of sp³-hybridized carbons (Fsp3) is 0.333. The molecule has 0 fully saturated rings. The molecule has 68 valence electrons. The molecule has 0 atom stereocenters. The van der Waals surface area contributed by atoms with Crippen LogP contribution < -0.4 is 0 Å². The minimum Gasteiger partial charge on any atom is -0.299 e. The molecule has 0 amide bonds. The zero-order valence-corrected chi connectivity index (χ0v) is 7.80. The Bertz CT molecular complexity index is 438. The lowest BCUT2D eigenvalue weighted by molar-refractivity contribution is 0.752. The van der Waals surface area contributed by atoms with Crippen molar-refractivity contribution in [2.24, 2.45) is 0 Å². The van der Waals surface area contributed by atoms with Gasteiger partial charge in [0.15, 0.2) is 10.6 Å². The first-order chi connectivity index (χ1) is 6.33. The van der Waals surface area contributed by atoms with E-state index in [0.29, 0.717) is 16.3 Å². The summed E-state index contributed by atoms with van der Waals surface area (Å²) in [6, 6.07) is 0. The number of nitrogens with one attached hydrogen (secondary N) is 2. The molecule has 2 rings (SSSR count). The van der Waals surface area contributed by atoms with Crippen LogP contribution in [0.5, 0.6) is 0 Å². The summed E-state index contributed by atoms with van der Waals surface area (Å²) in [6.07, 6.45) is 1.61. The predicted octanol–water partition coefficient (Wildman–Crippen LogP) is 0.746. The van der Waals surface area contributed by atoms with Crippen LogP contribution in [0.15, 0.2) is 6.20 Å². The molecule has 0 aromatic carbocycles. The van der Waals surface area contributed by atoms with Crippen molar-refractivity contribution in [1.29, 1.82) is 0 Å². The smallest absolute Gasteiger partial charge is 0.195 e. The summed E-state index contributed by atoms with van der Waals surface area (Å²) < 4.78 is 2.45. The molecule has 0 radical (unpaired) electrons. The summed E-state index contributed by atoms with van der Waals surface area (Å²) in [5.41, 5.74) is 0.689. The molecule has 0 aliphatic rings. The van der Waals surface area contributed by atoms with Gasteiger partial charge in [-0.05, 0) is 19.1 Å². The highest BCUT2D eigenvalue weighted by atomic mass is 32.1. The Balaban J connectivity index is 2.58. The molecule has 0 aliphatic carbocycles. The summed E-state index contributed by atoms with van der Waals surface area (Å²) >= 11 is 5.03. The van der Waals surface area contributed by atoms with Crippen molar-refractivity contribution < 1.29 is 0 Å². The third kappa shape index (κ3) is 1.26. The Labute approximate surface area is 79.0 Å². The maximum Gasteiger partial charge on any atom is 0.195 e. The van der Waals surface area contributed by atoms with Gasteiger partial charge in [0.25, 0.3) is 0 Å². The minimum atomic E-state index is 0.598. The summed E-state index contributed by atoms with van der Waals surface area (Å²) in [7, 11) is 0. The fourth-order valence-corrected chi connectivity index (χ4v) is 1.38. The standard InChI is InChI=1S/C6H8N6S/c1-2-12-5(9-10-6(12)13)4-3-7-11-8-4/h3H,2H2,1H3,(H,10,13)(H,7,8,11). The van der Waals surface area contributed by atoms with Crippen molar-refractivity contribution in [3.05, 3.63) is 11.0 Å². The third-order valence-electron chi connectivity index (χ3n) is 1.72. The number of aromatic amines is 2. The van der Waals surface area contributed by atoms with Crippen LogP contribution in [0.3, 0.4) is 0 Å². The van der Waals surface area contributed by atoms with E-state index >= 15 is 0 Å². The zero-order chi connectivity index (χ0) is 9.26. The van der Waals surface area contributed by atoms with Gasteiger partial charge in [0.05, 0.1) is 6.20 Å². The molecular formula is C6H8N6S. The Morgan fingerprint density at radius 2 is 2.38 bits per heavy atom. The zero-order valence-electron chi connectivity index (χ0n) is 6.98. The van der Waals surface area contributed by atoms with Gasteiger partial charge in [-0.2, -0.15) is 20.5 Å². The van der Waals surface area contributed by atoms with E-state index in [0.717, 1.165) is 6.54 Å². The van der Waals surface area contributed by atoms with Gasteiger partial charge in [0.2, 0.25) is 0 Å². The van der Waals surface area contributed by atoms with E-state index in [1.54, 1.807) is 6.20 Å². The average Bonchev–Trinajstić information content (AvgIpc) is 2.71. The lowest BCUT2D eigenvalue weighted by Gasteiger charge is -1.97. The largest absolute Gasteiger partial charge is 0.299 e. The van der Waals surface area contributed by atoms with Crippen molar-refractivity contribution >= 4 is 12.2 Å². The lowest BCUT2D eigenvalue weighted by atomic mass is 10.4. The highest BCUT2D eigenvalue weighted by molar-refractivity contribution is 7.71. The van der Waals surface area contributed by atoms with Crippen molar-refractivity contribution in [1.82, 2.24) is 30.2 Å². The average molecular weight is 196 g/mol. The highest BCUT2D eigenvalue weighted by Crippen LogP contribution is 2.11. The molecule has 0 bridgehead atoms. The van der Waals surface area contributed by atoms with Crippen molar-refractivity contribution in [2.45, 2.75) is 13.5 Å². The SMILES string of the molecule is CCn1c(-c2cn[nH]n2)n[nH]c1=S. The molecule has 0 spiro atoms. The molecule has 2 heterocycles. The molecule has 0 saturated heterocycles. The normalized spacial score (nSPS) is 10.5. The van der Waals surface area contributed by atoms with Crippen LogP contribution in [0.1, 0.15) is 6.92 Å².